The monoisotopic (exact) mass is 279 g/mol. The van der Waals surface area contributed by atoms with Crippen molar-refractivity contribution in [2.75, 3.05) is 52.4 Å². The van der Waals surface area contributed by atoms with Gasteiger partial charge >= 0.3 is 6.18 Å². The van der Waals surface area contributed by atoms with Gasteiger partial charge in [-0.3, -0.25) is 4.90 Å². The van der Waals surface area contributed by atoms with Crippen LogP contribution in [-0.2, 0) is 0 Å². The summed E-state index contributed by atoms with van der Waals surface area (Å²) in [5.74, 6) is 0. The van der Waals surface area contributed by atoms with Gasteiger partial charge in [-0.25, -0.2) is 0 Å². The molecule has 0 spiro atoms. The van der Waals surface area contributed by atoms with Gasteiger partial charge < -0.3 is 10.2 Å². The van der Waals surface area contributed by atoms with E-state index in [0.717, 1.165) is 39.1 Å². The summed E-state index contributed by atoms with van der Waals surface area (Å²) in [5.41, 5.74) is 0.339. The molecule has 1 atom stereocenters. The molecule has 0 saturated carbocycles. The molecule has 2 fully saturated rings. The lowest BCUT2D eigenvalue weighted by atomic mass is 9.83. The summed E-state index contributed by atoms with van der Waals surface area (Å²) >= 11 is 0. The molecule has 19 heavy (non-hydrogen) atoms. The van der Waals surface area contributed by atoms with Gasteiger partial charge in [0.05, 0.1) is 6.54 Å². The zero-order chi connectivity index (χ0) is 13.9. The second kappa shape index (κ2) is 5.97. The number of hydrogen-bond donors (Lipinski definition) is 1. The van der Waals surface area contributed by atoms with Gasteiger partial charge in [-0.1, -0.05) is 6.92 Å². The smallest absolute Gasteiger partial charge is 0.316 e. The molecule has 0 bridgehead atoms. The van der Waals surface area contributed by atoms with Crippen LogP contribution in [0.2, 0.25) is 0 Å². The van der Waals surface area contributed by atoms with Crippen molar-refractivity contribution in [2.24, 2.45) is 5.41 Å². The Bertz CT molecular complexity index is 279. The summed E-state index contributed by atoms with van der Waals surface area (Å²) in [4.78, 5) is 3.85. The molecule has 2 aliphatic heterocycles. The summed E-state index contributed by atoms with van der Waals surface area (Å²) in [5, 5.41) is 3.41. The maximum atomic E-state index is 12.3. The number of halogens is 3. The van der Waals surface area contributed by atoms with E-state index >= 15 is 0 Å². The molecular weight excluding hydrogens is 255 g/mol. The number of alkyl halides is 3. The van der Waals surface area contributed by atoms with E-state index in [0.29, 0.717) is 18.5 Å². The first kappa shape index (κ1) is 15.1. The molecular formula is C13H24F3N3. The third kappa shape index (κ3) is 4.33. The van der Waals surface area contributed by atoms with Crippen molar-refractivity contribution < 1.29 is 13.2 Å². The maximum Gasteiger partial charge on any atom is 0.401 e. The second-order valence-electron chi connectivity index (χ2n) is 5.95. The molecule has 2 rings (SSSR count). The van der Waals surface area contributed by atoms with E-state index in [9.17, 15) is 13.2 Å². The zero-order valence-electron chi connectivity index (χ0n) is 11.6. The molecule has 0 aromatic rings. The van der Waals surface area contributed by atoms with Gasteiger partial charge in [-0.05, 0) is 24.8 Å². The van der Waals surface area contributed by atoms with Crippen molar-refractivity contribution in [3.05, 3.63) is 0 Å². The summed E-state index contributed by atoms with van der Waals surface area (Å²) in [7, 11) is 0. The van der Waals surface area contributed by atoms with E-state index in [1.807, 2.05) is 0 Å². The highest BCUT2D eigenvalue weighted by atomic mass is 19.4. The third-order valence-electron chi connectivity index (χ3n) is 4.51. The molecule has 0 aromatic carbocycles. The fraction of sp³-hybridized carbons (Fsp3) is 1.00. The first-order chi connectivity index (χ1) is 8.92. The number of nitrogens with zero attached hydrogens (tertiary/aromatic N) is 2. The Morgan fingerprint density at radius 3 is 2.21 bits per heavy atom. The lowest BCUT2D eigenvalue weighted by Gasteiger charge is -2.39. The van der Waals surface area contributed by atoms with Crippen LogP contribution in [0.3, 0.4) is 0 Å². The van der Waals surface area contributed by atoms with Crippen LogP contribution in [0.4, 0.5) is 13.2 Å². The van der Waals surface area contributed by atoms with Gasteiger partial charge in [0.25, 0.3) is 0 Å². The molecule has 3 nitrogen and oxygen atoms in total. The predicted molar refractivity (Wildman–Crippen MR) is 69.1 cm³/mol. The summed E-state index contributed by atoms with van der Waals surface area (Å²) in [6, 6.07) is 0. The van der Waals surface area contributed by atoms with E-state index in [1.54, 1.807) is 0 Å². The Balaban J connectivity index is 1.77. The van der Waals surface area contributed by atoms with Crippen LogP contribution in [-0.4, -0.2) is 68.3 Å². The van der Waals surface area contributed by atoms with E-state index in [-0.39, 0.29) is 0 Å². The number of rotatable bonds is 4. The standard InChI is InChI=1S/C13H24F3N3/c1-2-12(3-4-17-9-12)10-18-5-7-19(8-6-18)11-13(14,15)16/h17H,2-11H2,1H3. The molecule has 0 amide bonds. The van der Waals surface area contributed by atoms with Crippen LogP contribution in [0, 0.1) is 5.41 Å². The largest absolute Gasteiger partial charge is 0.401 e. The molecule has 0 radical (unpaired) electrons. The van der Waals surface area contributed by atoms with Crippen molar-refractivity contribution in [1.29, 1.82) is 0 Å². The molecule has 1 N–H and O–H groups in total. The van der Waals surface area contributed by atoms with Crippen LogP contribution in [0.5, 0.6) is 0 Å². The van der Waals surface area contributed by atoms with Crippen molar-refractivity contribution in [3.63, 3.8) is 0 Å². The molecule has 6 heteroatoms. The lowest BCUT2D eigenvalue weighted by Crippen LogP contribution is -2.52. The van der Waals surface area contributed by atoms with Crippen molar-refractivity contribution in [2.45, 2.75) is 25.9 Å². The third-order valence-corrected chi connectivity index (χ3v) is 4.51. The molecule has 112 valence electrons. The average molecular weight is 279 g/mol. The number of nitrogens with one attached hydrogen (secondary N) is 1. The minimum atomic E-state index is -4.07. The average Bonchev–Trinajstić information content (AvgIpc) is 2.79. The van der Waals surface area contributed by atoms with Crippen molar-refractivity contribution >= 4 is 0 Å². The van der Waals surface area contributed by atoms with Crippen LogP contribution in [0.25, 0.3) is 0 Å². The van der Waals surface area contributed by atoms with Crippen molar-refractivity contribution in [1.82, 2.24) is 15.1 Å². The van der Waals surface area contributed by atoms with Gasteiger partial charge in [-0.2, -0.15) is 13.2 Å². The fourth-order valence-electron chi connectivity index (χ4n) is 3.18. The number of piperazine rings is 1. The van der Waals surface area contributed by atoms with Gasteiger partial charge in [0, 0.05) is 39.3 Å². The first-order valence-electron chi connectivity index (χ1n) is 7.15. The number of hydrogen-bond acceptors (Lipinski definition) is 3. The van der Waals surface area contributed by atoms with Crippen LogP contribution in [0.1, 0.15) is 19.8 Å². The van der Waals surface area contributed by atoms with E-state index in [4.69, 9.17) is 0 Å². The van der Waals surface area contributed by atoms with E-state index in [2.05, 4.69) is 17.1 Å². The fourth-order valence-corrected chi connectivity index (χ4v) is 3.18. The van der Waals surface area contributed by atoms with Crippen LogP contribution >= 0.6 is 0 Å². The van der Waals surface area contributed by atoms with E-state index < -0.39 is 12.7 Å². The highest BCUT2D eigenvalue weighted by Gasteiger charge is 2.36. The first-order valence-corrected chi connectivity index (χ1v) is 7.15. The van der Waals surface area contributed by atoms with Gasteiger partial charge in [-0.15, -0.1) is 0 Å². The Labute approximate surface area is 113 Å². The summed E-state index contributed by atoms with van der Waals surface area (Å²) < 4.78 is 37.0. The van der Waals surface area contributed by atoms with Gasteiger partial charge in [0.2, 0.25) is 0 Å². The maximum absolute atomic E-state index is 12.3. The zero-order valence-corrected chi connectivity index (χ0v) is 11.6. The minimum Gasteiger partial charge on any atom is -0.316 e. The van der Waals surface area contributed by atoms with Crippen molar-refractivity contribution in [3.8, 4) is 0 Å². The molecule has 0 aliphatic carbocycles. The molecule has 2 aliphatic rings. The Morgan fingerprint density at radius 1 is 1.11 bits per heavy atom. The second-order valence-corrected chi connectivity index (χ2v) is 5.95. The Hall–Kier alpha value is -0.330. The topological polar surface area (TPSA) is 18.5 Å². The summed E-state index contributed by atoms with van der Waals surface area (Å²) in [6.45, 7) is 7.19. The van der Waals surface area contributed by atoms with Crippen LogP contribution < -0.4 is 5.32 Å². The Kier molecular flexibility index (Phi) is 4.74. The van der Waals surface area contributed by atoms with Gasteiger partial charge in [0.15, 0.2) is 0 Å². The molecule has 2 saturated heterocycles. The quantitative estimate of drug-likeness (QED) is 0.842. The van der Waals surface area contributed by atoms with Gasteiger partial charge in [0.1, 0.15) is 0 Å². The molecule has 0 aromatic heterocycles. The molecule has 2 heterocycles. The van der Waals surface area contributed by atoms with Crippen LogP contribution in [0.15, 0.2) is 0 Å². The Morgan fingerprint density at radius 2 is 1.74 bits per heavy atom. The lowest BCUT2D eigenvalue weighted by molar-refractivity contribution is -0.149. The highest BCUT2D eigenvalue weighted by molar-refractivity contribution is 4.90. The summed E-state index contributed by atoms with van der Waals surface area (Å²) in [6.07, 6.45) is -1.74. The van der Waals surface area contributed by atoms with E-state index in [1.165, 1.54) is 11.3 Å². The molecule has 1 unspecified atom stereocenters. The predicted octanol–water partition coefficient (Wildman–Crippen LogP) is 1.56. The minimum absolute atomic E-state index is 0.339. The SMILES string of the molecule is CCC1(CN2CCN(CC(F)(F)F)CC2)CCNC1. The highest BCUT2D eigenvalue weighted by Crippen LogP contribution is 2.30. The normalized spacial score (nSPS) is 30.9.